The van der Waals surface area contributed by atoms with E-state index in [0.29, 0.717) is 4.90 Å². The van der Waals surface area contributed by atoms with Crippen LogP contribution in [0.4, 0.5) is 0 Å². The Morgan fingerprint density at radius 2 is 1.71 bits per heavy atom. The quantitative estimate of drug-likeness (QED) is 0.697. The molecule has 0 saturated carbocycles. The summed E-state index contributed by atoms with van der Waals surface area (Å²) in [5.74, 6) is -0.0293. The zero-order valence-electron chi connectivity index (χ0n) is 16.4. The van der Waals surface area contributed by atoms with Gasteiger partial charge < -0.3 is 9.84 Å². The van der Waals surface area contributed by atoms with Gasteiger partial charge in [-0.1, -0.05) is 36.4 Å². The van der Waals surface area contributed by atoms with E-state index in [1.807, 2.05) is 12.1 Å². The highest BCUT2D eigenvalue weighted by Gasteiger charge is 2.23. The van der Waals surface area contributed by atoms with Gasteiger partial charge in [-0.15, -0.1) is 0 Å². The highest BCUT2D eigenvalue weighted by atomic mass is 32.2. The molecule has 2 aromatic rings. The second kappa shape index (κ2) is 9.65. The van der Waals surface area contributed by atoms with Crippen LogP contribution in [0.3, 0.4) is 0 Å². The second-order valence-electron chi connectivity index (χ2n) is 7.24. The van der Waals surface area contributed by atoms with Gasteiger partial charge in [0, 0.05) is 26.8 Å². The average Bonchev–Trinajstić information content (AvgIpc) is 3.19. The summed E-state index contributed by atoms with van der Waals surface area (Å²) in [5, 5.41) is 8.84. The Kier molecular flexibility index (Phi) is 7.24. The maximum atomic E-state index is 12.2. The van der Waals surface area contributed by atoms with Gasteiger partial charge in [-0.05, 0) is 54.5 Å². The Balaban J connectivity index is 1.61. The van der Waals surface area contributed by atoms with Crippen molar-refractivity contribution in [3.63, 3.8) is 0 Å². The molecule has 1 atom stereocenters. The van der Waals surface area contributed by atoms with Crippen LogP contribution < -0.4 is 0 Å². The lowest BCUT2D eigenvalue weighted by atomic mass is 10.0. The second-order valence-corrected chi connectivity index (χ2v) is 9.35. The largest absolute Gasteiger partial charge is 0.396 e. The molecule has 3 rings (SSSR count). The van der Waals surface area contributed by atoms with Crippen molar-refractivity contribution in [3.8, 4) is 11.1 Å². The fourth-order valence-corrected chi connectivity index (χ4v) is 4.98. The van der Waals surface area contributed by atoms with Crippen LogP contribution >= 0.6 is 0 Å². The van der Waals surface area contributed by atoms with Crippen molar-refractivity contribution in [1.82, 2.24) is 4.90 Å². The number of nitrogens with zero attached hydrogens (tertiary/aromatic N) is 1. The Morgan fingerprint density at radius 3 is 2.32 bits per heavy atom. The fraction of sp³-hybridized carbons (Fsp3) is 0.455. The number of hydrogen-bond acceptors (Lipinski definition) is 5. The Bertz CT molecular complexity index is 847. The Labute approximate surface area is 167 Å². The minimum absolute atomic E-state index is 0.0293. The van der Waals surface area contributed by atoms with Gasteiger partial charge in [0.25, 0.3) is 0 Å². The van der Waals surface area contributed by atoms with Gasteiger partial charge in [0.2, 0.25) is 0 Å². The van der Waals surface area contributed by atoms with Crippen LogP contribution in [-0.4, -0.2) is 57.2 Å². The van der Waals surface area contributed by atoms with Gasteiger partial charge in [0.1, 0.15) is 6.23 Å². The van der Waals surface area contributed by atoms with E-state index in [1.54, 1.807) is 19.2 Å². The zero-order valence-corrected chi connectivity index (χ0v) is 17.2. The first-order valence-electron chi connectivity index (χ1n) is 9.83. The lowest BCUT2D eigenvalue weighted by Gasteiger charge is -2.22. The molecule has 0 amide bonds. The van der Waals surface area contributed by atoms with Crippen molar-refractivity contribution in [3.05, 3.63) is 54.1 Å². The maximum absolute atomic E-state index is 12.2. The molecule has 28 heavy (non-hydrogen) atoms. The number of benzene rings is 2. The van der Waals surface area contributed by atoms with Gasteiger partial charge >= 0.3 is 0 Å². The molecule has 5 nitrogen and oxygen atoms in total. The molecule has 1 heterocycles. The highest BCUT2D eigenvalue weighted by Crippen LogP contribution is 2.23. The van der Waals surface area contributed by atoms with Gasteiger partial charge in [0.15, 0.2) is 9.84 Å². The summed E-state index contributed by atoms with van der Waals surface area (Å²) >= 11 is 0. The van der Waals surface area contributed by atoms with Crippen molar-refractivity contribution in [2.75, 3.05) is 32.6 Å². The van der Waals surface area contributed by atoms with Gasteiger partial charge in [0.05, 0.1) is 10.6 Å². The third-order valence-electron chi connectivity index (χ3n) is 5.34. The molecule has 0 aliphatic carbocycles. The molecular formula is C22H29NO4S. The van der Waals surface area contributed by atoms with Crippen LogP contribution in [0.25, 0.3) is 11.1 Å². The molecule has 1 aliphatic heterocycles. The lowest BCUT2D eigenvalue weighted by molar-refractivity contribution is -0.00297. The standard InChI is InChI=1S/C22H29NO4S/c1-27-22-4-2-14-23(22)15-13-18-5-7-19(8-6-18)20-9-11-21(12-10-20)28(25,26)17-3-16-24/h5-12,22,24H,2-4,13-17H2,1H3. The number of methoxy groups -OCH3 is 1. The summed E-state index contributed by atoms with van der Waals surface area (Å²) < 4.78 is 29.9. The Morgan fingerprint density at radius 1 is 1.07 bits per heavy atom. The minimum atomic E-state index is -3.33. The predicted octanol–water partition coefficient (Wildman–Crippen LogP) is 3.12. The summed E-state index contributed by atoms with van der Waals surface area (Å²) in [7, 11) is -1.55. The highest BCUT2D eigenvalue weighted by molar-refractivity contribution is 7.91. The molecule has 0 bridgehead atoms. The number of aliphatic hydroxyl groups excluding tert-OH is 1. The molecule has 1 fully saturated rings. The molecule has 0 aromatic heterocycles. The van der Waals surface area contributed by atoms with E-state index < -0.39 is 9.84 Å². The summed E-state index contributed by atoms with van der Waals surface area (Å²) in [4.78, 5) is 2.70. The van der Waals surface area contributed by atoms with Gasteiger partial charge in [-0.2, -0.15) is 0 Å². The van der Waals surface area contributed by atoms with Crippen molar-refractivity contribution in [2.45, 2.75) is 36.8 Å². The Hall–Kier alpha value is -1.73. The third kappa shape index (κ3) is 5.20. The zero-order chi connectivity index (χ0) is 20.0. The lowest BCUT2D eigenvalue weighted by Crippen LogP contribution is -2.32. The molecule has 152 valence electrons. The van der Waals surface area contributed by atoms with Crippen LogP contribution in [-0.2, 0) is 21.0 Å². The third-order valence-corrected chi connectivity index (χ3v) is 7.15. The van der Waals surface area contributed by atoms with Crippen LogP contribution in [0.2, 0.25) is 0 Å². The summed E-state index contributed by atoms with van der Waals surface area (Å²) in [6, 6.07) is 15.4. The summed E-state index contributed by atoms with van der Waals surface area (Å²) in [6.45, 7) is 1.98. The van der Waals surface area contributed by atoms with E-state index >= 15 is 0 Å². The van der Waals surface area contributed by atoms with Crippen LogP contribution in [0.5, 0.6) is 0 Å². The molecule has 1 aliphatic rings. The molecule has 0 radical (unpaired) electrons. The van der Waals surface area contributed by atoms with E-state index in [-0.39, 0.29) is 25.0 Å². The van der Waals surface area contributed by atoms with Gasteiger partial charge in [-0.3, -0.25) is 4.90 Å². The molecule has 1 unspecified atom stereocenters. The first kappa shape index (κ1) is 21.0. The van der Waals surface area contributed by atoms with Gasteiger partial charge in [-0.25, -0.2) is 8.42 Å². The normalized spacial score (nSPS) is 17.9. The monoisotopic (exact) mass is 403 g/mol. The van der Waals surface area contributed by atoms with E-state index in [0.717, 1.165) is 37.1 Å². The number of sulfone groups is 1. The molecule has 1 N–H and O–H groups in total. The van der Waals surface area contributed by atoms with Crippen molar-refractivity contribution >= 4 is 9.84 Å². The van der Waals surface area contributed by atoms with E-state index in [2.05, 4.69) is 29.2 Å². The van der Waals surface area contributed by atoms with E-state index in [9.17, 15) is 8.42 Å². The first-order chi connectivity index (χ1) is 13.5. The van der Waals surface area contributed by atoms with Crippen LogP contribution in [0.1, 0.15) is 24.8 Å². The number of hydrogen-bond donors (Lipinski definition) is 1. The molecule has 1 saturated heterocycles. The minimum Gasteiger partial charge on any atom is -0.396 e. The smallest absolute Gasteiger partial charge is 0.178 e. The topological polar surface area (TPSA) is 66.8 Å². The van der Waals surface area contributed by atoms with Crippen LogP contribution in [0.15, 0.2) is 53.4 Å². The van der Waals surface area contributed by atoms with Crippen molar-refractivity contribution in [2.24, 2.45) is 0 Å². The number of rotatable bonds is 9. The number of ether oxygens (including phenoxy) is 1. The SMILES string of the molecule is COC1CCCN1CCc1ccc(-c2ccc(S(=O)(=O)CCCO)cc2)cc1. The maximum Gasteiger partial charge on any atom is 0.178 e. The molecular weight excluding hydrogens is 374 g/mol. The van der Waals surface area contributed by atoms with Crippen molar-refractivity contribution in [1.29, 1.82) is 0 Å². The van der Waals surface area contributed by atoms with E-state index in [1.165, 1.54) is 12.0 Å². The van der Waals surface area contributed by atoms with Crippen LogP contribution in [0, 0.1) is 0 Å². The van der Waals surface area contributed by atoms with Crippen molar-refractivity contribution < 1.29 is 18.3 Å². The number of aliphatic hydroxyl groups is 1. The first-order valence-corrected chi connectivity index (χ1v) is 11.5. The molecule has 0 spiro atoms. The molecule has 6 heteroatoms. The van der Waals surface area contributed by atoms with E-state index in [4.69, 9.17) is 9.84 Å². The summed E-state index contributed by atoms with van der Waals surface area (Å²) in [6.07, 6.45) is 3.81. The predicted molar refractivity (Wildman–Crippen MR) is 111 cm³/mol. The summed E-state index contributed by atoms with van der Waals surface area (Å²) in [5.41, 5.74) is 3.35. The molecule has 2 aromatic carbocycles. The number of likely N-dealkylation sites (tertiary alicyclic amines) is 1. The fourth-order valence-electron chi connectivity index (χ4n) is 3.68. The average molecular weight is 404 g/mol.